The number of ether oxygens (including phenoxy) is 1. The van der Waals surface area contributed by atoms with Crippen molar-refractivity contribution in [1.82, 2.24) is 0 Å². The minimum absolute atomic E-state index is 0.0337. The van der Waals surface area contributed by atoms with Gasteiger partial charge < -0.3 is 4.74 Å². The molecule has 0 spiro atoms. The molecule has 2 aromatic rings. The van der Waals surface area contributed by atoms with Gasteiger partial charge in [-0.05, 0) is 96.4 Å². The van der Waals surface area contributed by atoms with Crippen LogP contribution in [0.25, 0.3) is 0 Å². The van der Waals surface area contributed by atoms with Crippen molar-refractivity contribution in [3.8, 4) is 5.75 Å². The van der Waals surface area contributed by atoms with Crippen LogP contribution in [0.4, 0.5) is 0 Å². The summed E-state index contributed by atoms with van der Waals surface area (Å²) in [6, 6.07) is 15.1. The average molecular weight is 469 g/mol. The summed E-state index contributed by atoms with van der Waals surface area (Å²) in [4.78, 5) is 0. The standard InChI is InChI=1S/C28H36O4S/c1-4-20-16-24-21(17-26(20)31-18-19-8-6-5-7-9-19)10-11-23-22(24)14-15-28(2)25(23)12-13-27(28)32-33(3,29)30/h5-9,16-17,22-23,25,27H,4,10-15,18H2,1-3H3/t22-,23+,25-,27-,28-/m0/s1. The van der Waals surface area contributed by atoms with Crippen LogP contribution in [0.2, 0.25) is 0 Å². The largest absolute Gasteiger partial charge is 0.489 e. The minimum atomic E-state index is -3.43. The van der Waals surface area contributed by atoms with E-state index in [1.165, 1.54) is 34.9 Å². The molecule has 5 atom stereocenters. The number of rotatable bonds is 6. The molecule has 33 heavy (non-hydrogen) atoms. The summed E-state index contributed by atoms with van der Waals surface area (Å²) in [5.41, 5.74) is 5.42. The monoisotopic (exact) mass is 468 g/mol. The van der Waals surface area contributed by atoms with E-state index in [9.17, 15) is 8.42 Å². The summed E-state index contributed by atoms with van der Waals surface area (Å²) in [6.07, 6.45) is 8.31. The SMILES string of the molecule is CCc1cc2c(cc1OCc1ccccc1)CC[C@@H]1[C@@H]2CC[C@]2(C)[C@@H](OS(C)(=O)=O)CC[C@@H]12. The highest BCUT2D eigenvalue weighted by Crippen LogP contribution is 2.62. The Balaban J connectivity index is 1.38. The van der Waals surface area contributed by atoms with Gasteiger partial charge in [-0.25, -0.2) is 0 Å². The number of hydrogen-bond acceptors (Lipinski definition) is 4. The van der Waals surface area contributed by atoms with Gasteiger partial charge in [-0.3, -0.25) is 4.18 Å². The molecule has 0 N–H and O–H groups in total. The molecule has 5 heteroatoms. The van der Waals surface area contributed by atoms with Gasteiger partial charge in [0.25, 0.3) is 10.1 Å². The van der Waals surface area contributed by atoms with Gasteiger partial charge in [0.15, 0.2) is 0 Å². The maximum Gasteiger partial charge on any atom is 0.264 e. The predicted molar refractivity (Wildman–Crippen MR) is 131 cm³/mol. The van der Waals surface area contributed by atoms with E-state index in [1.807, 2.05) is 6.07 Å². The fourth-order valence-corrected chi connectivity index (χ4v) is 7.85. The van der Waals surface area contributed by atoms with E-state index in [0.29, 0.717) is 24.4 Å². The highest BCUT2D eigenvalue weighted by Gasteiger charge is 2.56. The fraction of sp³-hybridized carbons (Fsp3) is 0.571. The minimum Gasteiger partial charge on any atom is -0.489 e. The summed E-state index contributed by atoms with van der Waals surface area (Å²) in [7, 11) is -3.43. The van der Waals surface area contributed by atoms with Gasteiger partial charge in [0.05, 0.1) is 12.4 Å². The van der Waals surface area contributed by atoms with Crippen LogP contribution in [0.15, 0.2) is 42.5 Å². The first-order chi connectivity index (χ1) is 15.8. The van der Waals surface area contributed by atoms with Crippen molar-refractivity contribution < 1.29 is 17.3 Å². The van der Waals surface area contributed by atoms with Crippen LogP contribution >= 0.6 is 0 Å². The van der Waals surface area contributed by atoms with E-state index in [1.54, 1.807) is 0 Å². The normalized spacial score (nSPS) is 30.9. The summed E-state index contributed by atoms with van der Waals surface area (Å²) >= 11 is 0. The molecule has 178 valence electrons. The van der Waals surface area contributed by atoms with Crippen molar-refractivity contribution >= 4 is 10.1 Å². The summed E-state index contributed by atoms with van der Waals surface area (Å²) in [5.74, 6) is 2.75. The van der Waals surface area contributed by atoms with Crippen molar-refractivity contribution in [1.29, 1.82) is 0 Å². The third-order valence-electron chi connectivity index (χ3n) is 8.73. The van der Waals surface area contributed by atoms with Crippen LogP contribution in [0, 0.1) is 17.3 Å². The molecule has 0 aromatic heterocycles. The van der Waals surface area contributed by atoms with Crippen LogP contribution in [-0.4, -0.2) is 20.8 Å². The Labute approximate surface area is 198 Å². The van der Waals surface area contributed by atoms with Gasteiger partial charge in [-0.15, -0.1) is 0 Å². The molecule has 2 fully saturated rings. The van der Waals surface area contributed by atoms with Crippen LogP contribution in [0.3, 0.4) is 0 Å². The topological polar surface area (TPSA) is 52.6 Å². The molecular formula is C28H36O4S. The zero-order valence-electron chi connectivity index (χ0n) is 20.0. The van der Waals surface area contributed by atoms with Crippen LogP contribution in [0.5, 0.6) is 5.75 Å². The molecule has 2 aromatic carbocycles. The van der Waals surface area contributed by atoms with Gasteiger partial charge in [0.2, 0.25) is 0 Å². The van der Waals surface area contributed by atoms with Gasteiger partial charge in [0.1, 0.15) is 12.4 Å². The Morgan fingerprint density at radius 3 is 2.58 bits per heavy atom. The van der Waals surface area contributed by atoms with E-state index in [4.69, 9.17) is 8.92 Å². The van der Waals surface area contributed by atoms with Gasteiger partial charge >= 0.3 is 0 Å². The molecule has 2 saturated carbocycles. The van der Waals surface area contributed by atoms with E-state index in [2.05, 4.69) is 50.2 Å². The first-order valence-electron chi connectivity index (χ1n) is 12.5. The zero-order chi connectivity index (χ0) is 23.2. The van der Waals surface area contributed by atoms with Gasteiger partial charge in [0, 0.05) is 0 Å². The van der Waals surface area contributed by atoms with E-state index >= 15 is 0 Å². The van der Waals surface area contributed by atoms with Crippen molar-refractivity contribution in [3.05, 3.63) is 64.7 Å². The molecule has 0 bridgehead atoms. The Morgan fingerprint density at radius 2 is 1.85 bits per heavy atom. The lowest BCUT2D eigenvalue weighted by atomic mass is 9.55. The van der Waals surface area contributed by atoms with Crippen LogP contribution < -0.4 is 4.74 Å². The second-order valence-electron chi connectivity index (χ2n) is 10.6. The van der Waals surface area contributed by atoms with Crippen molar-refractivity contribution in [2.75, 3.05) is 6.26 Å². The molecule has 3 aliphatic rings. The molecule has 0 radical (unpaired) electrons. The average Bonchev–Trinajstić information content (AvgIpc) is 3.12. The Bertz CT molecular complexity index is 1110. The van der Waals surface area contributed by atoms with E-state index in [-0.39, 0.29) is 11.5 Å². The summed E-state index contributed by atoms with van der Waals surface area (Å²) in [6.45, 7) is 5.09. The van der Waals surface area contributed by atoms with Gasteiger partial charge in [-0.1, -0.05) is 50.2 Å². The van der Waals surface area contributed by atoms with E-state index in [0.717, 1.165) is 44.3 Å². The highest BCUT2D eigenvalue weighted by molar-refractivity contribution is 7.86. The molecule has 0 unspecified atom stereocenters. The maximum atomic E-state index is 11.9. The quantitative estimate of drug-likeness (QED) is 0.486. The first-order valence-corrected chi connectivity index (χ1v) is 14.3. The molecule has 0 saturated heterocycles. The second-order valence-corrected chi connectivity index (χ2v) is 12.2. The van der Waals surface area contributed by atoms with Crippen molar-refractivity contribution in [3.63, 3.8) is 0 Å². The lowest BCUT2D eigenvalue weighted by Gasteiger charge is -2.50. The molecule has 3 aliphatic carbocycles. The second kappa shape index (κ2) is 8.74. The van der Waals surface area contributed by atoms with Gasteiger partial charge in [-0.2, -0.15) is 8.42 Å². The van der Waals surface area contributed by atoms with Crippen molar-refractivity contribution in [2.24, 2.45) is 17.3 Å². The maximum absolute atomic E-state index is 11.9. The summed E-state index contributed by atoms with van der Waals surface area (Å²) < 4.78 is 35.6. The Morgan fingerprint density at radius 1 is 1.06 bits per heavy atom. The number of aryl methyl sites for hydroxylation is 2. The van der Waals surface area contributed by atoms with Crippen LogP contribution in [-0.2, 0) is 33.7 Å². The highest BCUT2D eigenvalue weighted by atomic mass is 32.2. The molecule has 5 rings (SSSR count). The van der Waals surface area contributed by atoms with E-state index < -0.39 is 10.1 Å². The molecule has 0 aliphatic heterocycles. The first kappa shape index (κ1) is 22.9. The number of fused-ring (bicyclic) bond motifs is 5. The molecule has 4 nitrogen and oxygen atoms in total. The fourth-order valence-electron chi connectivity index (χ4n) is 7.11. The van der Waals surface area contributed by atoms with Crippen LogP contribution in [0.1, 0.15) is 74.1 Å². The molecule has 0 amide bonds. The third-order valence-corrected chi connectivity index (χ3v) is 9.31. The Hall–Kier alpha value is -1.85. The number of hydrogen-bond donors (Lipinski definition) is 0. The predicted octanol–water partition coefficient (Wildman–Crippen LogP) is 6.03. The smallest absolute Gasteiger partial charge is 0.264 e. The molecular weight excluding hydrogens is 432 g/mol. The lowest BCUT2D eigenvalue weighted by molar-refractivity contribution is -0.00769. The van der Waals surface area contributed by atoms with Crippen molar-refractivity contribution in [2.45, 2.75) is 77.4 Å². The summed E-state index contributed by atoms with van der Waals surface area (Å²) in [5, 5.41) is 0. The lowest BCUT2D eigenvalue weighted by Crippen LogP contribution is -2.45. The number of benzene rings is 2. The Kier molecular flexibility index (Phi) is 6.07. The zero-order valence-corrected chi connectivity index (χ0v) is 20.9. The third kappa shape index (κ3) is 4.35. The molecule has 0 heterocycles.